The van der Waals surface area contributed by atoms with Gasteiger partial charge >= 0.3 is 0 Å². The highest BCUT2D eigenvalue weighted by molar-refractivity contribution is 7.24. The summed E-state index contributed by atoms with van der Waals surface area (Å²) in [5, 5.41) is 10.7. The Kier molecular flexibility index (Phi) is 3.32. The van der Waals surface area contributed by atoms with Crippen molar-refractivity contribution in [3.63, 3.8) is 0 Å². The molecule has 3 heteroatoms. The van der Waals surface area contributed by atoms with Crippen LogP contribution in [0.3, 0.4) is 0 Å². The van der Waals surface area contributed by atoms with Gasteiger partial charge in [-0.15, -0.1) is 11.3 Å². The maximum atomic E-state index is 12.7. The Morgan fingerprint density at radius 3 is 2.60 bits per heavy atom. The Bertz CT molecular complexity index is 862. The summed E-state index contributed by atoms with van der Waals surface area (Å²) in [6.45, 7) is 4.23. The third-order valence-electron chi connectivity index (χ3n) is 3.92. The van der Waals surface area contributed by atoms with Crippen molar-refractivity contribution >= 4 is 31.5 Å². The average molecular weight is 284 g/mol. The summed E-state index contributed by atoms with van der Waals surface area (Å²) in [6.07, 6.45) is 0.597. The van der Waals surface area contributed by atoms with Gasteiger partial charge in [-0.3, -0.25) is 4.79 Å². The first-order chi connectivity index (χ1) is 9.63. The van der Waals surface area contributed by atoms with Gasteiger partial charge in [0.15, 0.2) is 5.43 Å². The molecule has 0 saturated carbocycles. The highest BCUT2D eigenvalue weighted by Crippen LogP contribution is 2.30. The molecule has 102 valence electrons. The van der Waals surface area contributed by atoms with E-state index in [1.165, 1.54) is 5.56 Å². The molecule has 3 rings (SSSR count). The van der Waals surface area contributed by atoms with Crippen molar-refractivity contribution < 1.29 is 5.11 Å². The van der Waals surface area contributed by atoms with Crippen LogP contribution in [-0.2, 0) is 6.42 Å². The molecule has 20 heavy (non-hydrogen) atoms. The number of hydrogen-bond acceptors (Lipinski definition) is 3. The molecule has 0 atom stereocenters. The molecule has 0 unspecified atom stereocenters. The van der Waals surface area contributed by atoms with Gasteiger partial charge in [0, 0.05) is 26.8 Å². The van der Waals surface area contributed by atoms with Crippen LogP contribution in [0.2, 0.25) is 0 Å². The van der Waals surface area contributed by atoms with Crippen LogP contribution in [0.25, 0.3) is 20.2 Å². The molecule has 0 aliphatic carbocycles. The molecule has 0 bridgehead atoms. The van der Waals surface area contributed by atoms with E-state index in [1.54, 1.807) is 11.3 Å². The van der Waals surface area contributed by atoms with Crippen molar-refractivity contribution in [1.82, 2.24) is 0 Å². The van der Waals surface area contributed by atoms with Crippen molar-refractivity contribution in [2.75, 3.05) is 6.61 Å². The molecule has 1 heterocycles. The summed E-state index contributed by atoms with van der Waals surface area (Å²) in [5.74, 6) is 0. The second-order valence-corrected chi connectivity index (χ2v) is 6.12. The van der Waals surface area contributed by atoms with Crippen LogP contribution in [0.4, 0.5) is 0 Å². The fourth-order valence-corrected chi connectivity index (χ4v) is 3.84. The summed E-state index contributed by atoms with van der Waals surface area (Å²) in [5.41, 5.74) is 3.49. The second-order valence-electron chi connectivity index (χ2n) is 5.06. The van der Waals surface area contributed by atoms with Gasteiger partial charge in [-0.05, 0) is 55.2 Å². The van der Waals surface area contributed by atoms with Gasteiger partial charge < -0.3 is 5.11 Å². The SMILES string of the molecule is Cc1c(CCO)cc2c(=O)c3ccccc3sc2c1C. The van der Waals surface area contributed by atoms with Crippen LogP contribution in [-0.4, -0.2) is 11.7 Å². The predicted octanol–water partition coefficient (Wildman–Crippen LogP) is 3.57. The van der Waals surface area contributed by atoms with Gasteiger partial charge in [0.1, 0.15) is 0 Å². The molecule has 1 aromatic heterocycles. The molecule has 2 nitrogen and oxygen atoms in total. The summed E-state index contributed by atoms with van der Waals surface area (Å²) in [6, 6.07) is 9.70. The molecule has 3 aromatic rings. The Hall–Kier alpha value is -1.71. The number of fused-ring (bicyclic) bond motifs is 2. The van der Waals surface area contributed by atoms with Crippen LogP contribution in [0.15, 0.2) is 35.1 Å². The molecule has 0 fully saturated rings. The van der Waals surface area contributed by atoms with E-state index in [2.05, 4.69) is 13.8 Å². The number of benzene rings is 2. The van der Waals surface area contributed by atoms with Crippen LogP contribution >= 0.6 is 11.3 Å². The molecule has 0 amide bonds. The lowest BCUT2D eigenvalue weighted by molar-refractivity contribution is 0.299. The van der Waals surface area contributed by atoms with Crippen molar-refractivity contribution in [1.29, 1.82) is 0 Å². The lowest BCUT2D eigenvalue weighted by atomic mass is 9.98. The molecular formula is C17H16O2S. The van der Waals surface area contributed by atoms with E-state index >= 15 is 0 Å². The topological polar surface area (TPSA) is 37.3 Å². The highest BCUT2D eigenvalue weighted by atomic mass is 32.1. The maximum absolute atomic E-state index is 12.7. The Morgan fingerprint density at radius 2 is 1.85 bits per heavy atom. The molecular weight excluding hydrogens is 268 g/mol. The summed E-state index contributed by atoms with van der Waals surface area (Å²) < 4.78 is 2.09. The third kappa shape index (κ3) is 1.94. The molecule has 0 aliphatic rings. The van der Waals surface area contributed by atoms with Crippen molar-refractivity contribution in [3.05, 3.63) is 57.2 Å². The Balaban J connectivity index is 2.49. The molecule has 0 saturated heterocycles. The zero-order chi connectivity index (χ0) is 14.3. The molecule has 1 N–H and O–H groups in total. The van der Waals surface area contributed by atoms with E-state index in [0.29, 0.717) is 6.42 Å². The minimum absolute atomic E-state index is 0.0941. The molecule has 0 spiro atoms. The van der Waals surface area contributed by atoms with Gasteiger partial charge in [-0.25, -0.2) is 0 Å². The Morgan fingerprint density at radius 1 is 1.10 bits per heavy atom. The average Bonchev–Trinajstić information content (AvgIpc) is 2.46. The van der Waals surface area contributed by atoms with E-state index in [0.717, 1.165) is 31.3 Å². The summed E-state index contributed by atoms with van der Waals surface area (Å²) in [7, 11) is 0. The number of aryl methyl sites for hydroxylation is 1. The largest absolute Gasteiger partial charge is 0.396 e. The smallest absolute Gasteiger partial charge is 0.195 e. The fraction of sp³-hybridized carbons (Fsp3) is 0.235. The van der Waals surface area contributed by atoms with Gasteiger partial charge in [0.25, 0.3) is 0 Å². The van der Waals surface area contributed by atoms with Gasteiger partial charge in [0.05, 0.1) is 0 Å². The molecule has 0 radical (unpaired) electrons. The molecule has 2 aromatic carbocycles. The van der Waals surface area contributed by atoms with Gasteiger partial charge in [-0.1, -0.05) is 12.1 Å². The van der Waals surface area contributed by atoms with Crippen LogP contribution < -0.4 is 5.43 Å². The van der Waals surface area contributed by atoms with E-state index in [-0.39, 0.29) is 12.0 Å². The van der Waals surface area contributed by atoms with Gasteiger partial charge in [-0.2, -0.15) is 0 Å². The minimum Gasteiger partial charge on any atom is -0.396 e. The molecule has 0 aliphatic heterocycles. The normalized spacial score (nSPS) is 11.3. The summed E-state index contributed by atoms with van der Waals surface area (Å²) >= 11 is 1.67. The zero-order valence-electron chi connectivity index (χ0n) is 11.6. The first-order valence-corrected chi connectivity index (χ1v) is 7.50. The van der Waals surface area contributed by atoms with E-state index in [1.807, 2.05) is 30.3 Å². The minimum atomic E-state index is 0.0941. The van der Waals surface area contributed by atoms with Crippen LogP contribution in [0.5, 0.6) is 0 Å². The number of aliphatic hydroxyl groups excluding tert-OH is 1. The lowest BCUT2D eigenvalue weighted by Gasteiger charge is -2.11. The first-order valence-electron chi connectivity index (χ1n) is 6.69. The second kappa shape index (κ2) is 5.00. The first kappa shape index (κ1) is 13.3. The van der Waals surface area contributed by atoms with Crippen LogP contribution in [0.1, 0.15) is 16.7 Å². The zero-order valence-corrected chi connectivity index (χ0v) is 12.4. The van der Waals surface area contributed by atoms with E-state index < -0.39 is 0 Å². The lowest BCUT2D eigenvalue weighted by Crippen LogP contribution is -2.05. The standard InChI is InChI=1S/C17H16O2S/c1-10-11(2)17-14(9-12(10)7-8-18)16(19)13-5-3-4-6-15(13)20-17/h3-6,9,18H,7-8H2,1-2H3. The van der Waals surface area contributed by atoms with E-state index in [9.17, 15) is 9.90 Å². The van der Waals surface area contributed by atoms with Crippen molar-refractivity contribution in [2.24, 2.45) is 0 Å². The monoisotopic (exact) mass is 284 g/mol. The number of rotatable bonds is 2. The van der Waals surface area contributed by atoms with E-state index in [4.69, 9.17) is 0 Å². The quantitative estimate of drug-likeness (QED) is 0.730. The number of hydrogen-bond donors (Lipinski definition) is 1. The number of aliphatic hydroxyl groups is 1. The van der Waals surface area contributed by atoms with Gasteiger partial charge in [0.2, 0.25) is 0 Å². The van der Waals surface area contributed by atoms with Crippen LogP contribution in [0, 0.1) is 13.8 Å². The fourth-order valence-electron chi connectivity index (χ4n) is 2.64. The maximum Gasteiger partial charge on any atom is 0.195 e. The third-order valence-corrected chi connectivity index (χ3v) is 5.22. The Labute approximate surface area is 121 Å². The predicted molar refractivity (Wildman–Crippen MR) is 85.9 cm³/mol. The summed E-state index contributed by atoms with van der Waals surface area (Å²) in [4.78, 5) is 12.7. The van der Waals surface area contributed by atoms with Crippen molar-refractivity contribution in [3.8, 4) is 0 Å². The van der Waals surface area contributed by atoms with Crippen molar-refractivity contribution in [2.45, 2.75) is 20.3 Å². The highest BCUT2D eigenvalue weighted by Gasteiger charge is 2.12.